The zero-order valence-corrected chi connectivity index (χ0v) is 11.4. The summed E-state index contributed by atoms with van der Waals surface area (Å²) in [6, 6.07) is 6.84. The smallest absolute Gasteiger partial charge is 0.125 e. The Morgan fingerprint density at radius 1 is 1.26 bits per heavy atom. The van der Waals surface area contributed by atoms with Gasteiger partial charge in [0.2, 0.25) is 0 Å². The van der Waals surface area contributed by atoms with Crippen molar-refractivity contribution >= 4 is 0 Å². The molecule has 1 heterocycles. The Balaban J connectivity index is 2.26. The average molecular weight is 259 g/mol. The molecule has 0 amide bonds. The van der Waals surface area contributed by atoms with E-state index in [-0.39, 0.29) is 11.9 Å². The minimum atomic E-state index is -0.200. The van der Waals surface area contributed by atoms with Crippen LogP contribution in [0.4, 0.5) is 4.39 Å². The zero-order valence-electron chi connectivity index (χ0n) is 11.4. The van der Waals surface area contributed by atoms with Crippen LogP contribution in [0.2, 0.25) is 0 Å². The first kappa shape index (κ1) is 13.6. The number of nitrogens with zero attached hydrogens (tertiary/aromatic N) is 2. The summed E-state index contributed by atoms with van der Waals surface area (Å²) >= 11 is 0. The molecule has 1 N–H and O–H groups in total. The third kappa shape index (κ3) is 3.35. The first-order valence-electron chi connectivity index (χ1n) is 6.32. The molecular formula is C15H18FN3. The predicted molar refractivity (Wildman–Crippen MR) is 73.4 cm³/mol. The molecule has 4 heteroatoms. The van der Waals surface area contributed by atoms with Crippen LogP contribution in [0.3, 0.4) is 0 Å². The van der Waals surface area contributed by atoms with E-state index in [1.807, 2.05) is 33.0 Å². The number of hydrogen-bond acceptors (Lipinski definition) is 3. The summed E-state index contributed by atoms with van der Waals surface area (Å²) in [6.07, 6.45) is 2.46. The van der Waals surface area contributed by atoms with Gasteiger partial charge in [0.25, 0.3) is 0 Å². The molecule has 0 aliphatic rings. The van der Waals surface area contributed by atoms with Crippen LogP contribution in [0.1, 0.15) is 28.7 Å². The summed E-state index contributed by atoms with van der Waals surface area (Å²) in [5, 5.41) is 3.23. The Kier molecular flexibility index (Phi) is 4.22. The monoisotopic (exact) mass is 259 g/mol. The number of nitrogens with one attached hydrogen (secondary N) is 1. The molecule has 2 aromatic rings. The van der Waals surface area contributed by atoms with E-state index in [1.165, 1.54) is 6.07 Å². The molecule has 100 valence electrons. The van der Waals surface area contributed by atoms with Crippen LogP contribution in [-0.4, -0.2) is 17.0 Å². The molecule has 1 atom stereocenters. The Hall–Kier alpha value is -1.81. The van der Waals surface area contributed by atoms with Gasteiger partial charge in [0.1, 0.15) is 11.6 Å². The number of halogens is 1. The second-order valence-corrected chi connectivity index (χ2v) is 4.64. The highest BCUT2D eigenvalue weighted by Crippen LogP contribution is 2.19. The molecule has 0 aliphatic heterocycles. The molecule has 0 saturated heterocycles. The largest absolute Gasteiger partial charge is 0.311 e. The first-order chi connectivity index (χ1) is 9.10. The first-order valence-corrected chi connectivity index (χ1v) is 6.32. The van der Waals surface area contributed by atoms with Crippen LogP contribution in [0, 0.1) is 19.7 Å². The average Bonchev–Trinajstić information content (AvgIpc) is 2.39. The topological polar surface area (TPSA) is 37.8 Å². The van der Waals surface area contributed by atoms with E-state index in [9.17, 15) is 4.39 Å². The minimum absolute atomic E-state index is 0.0576. The van der Waals surface area contributed by atoms with E-state index < -0.39 is 0 Å². The van der Waals surface area contributed by atoms with Gasteiger partial charge in [0.05, 0.1) is 11.7 Å². The Morgan fingerprint density at radius 3 is 2.74 bits per heavy atom. The molecule has 0 bridgehead atoms. The summed E-state index contributed by atoms with van der Waals surface area (Å²) < 4.78 is 13.3. The number of rotatable bonds is 4. The quantitative estimate of drug-likeness (QED) is 0.917. The van der Waals surface area contributed by atoms with Gasteiger partial charge in [0, 0.05) is 6.20 Å². The van der Waals surface area contributed by atoms with Crippen molar-refractivity contribution in [3.05, 3.63) is 58.9 Å². The maximum absolute atomic E-state index is 13.3. The van der Waals surface area contributed by atoms with Gasteiger partial charge in [-0.3, -0.25) is 0 Å². The Bertz CT molecular complexity index is 569. The van der Waals surface area contributed by atoms with E-state index in [0.717, 1.165) is 22.6 Å². The fourth-order valence-corrected chi connectivity index (χ4v) is 2.10. The lowest BCUT2D eigenvalue weighted by molar-refractivity contribution is 0.565. The molecule has 1 aromatic carbocycles. The number of aryl methyl sites for hydroxylation is 2. The van der Waals surface area contributed by atoms with Crippen molar-refractivity contribution in [3.63, 3.8) is 0 Å². The molecule has 0 fully saturated rings. The van der Waals surface area contributed by atoms with Crippen LogP contribution in [0.5, 0.6) is 0 Å². The SMILES string of the molecule is CNC(Cc1cc(F)ccc1C)c1ccnc(C)n1. The maximum Gasteiger partial charge on any atom is 0.125 e. The molecule has 2 rings (SSSR count). The van der Waals surface area contributed by atoms with E-state index in [1.54, 1.807) is 12.3 Å². The normalized spacial score (nSPS) is 12.4. The van der Waals surface area contributed by atoms with E-state index >= 15 is 0 Å². The van der Waals surface area contributed by atoms with E-state index in [2.05, 4.69) is 15.3 Å². The highest BCUT2D eigenvalue weighted by atomic mass is 19.1. The zero-order chi connectivity index (χ0) is 13.8. The highest BCUT2D eigenvalue weighted by molar-refractivity contribution is 5.28. The Labute approximate surface area is 112 Å². The van der Waals surface area contributed by atoms with Crippen LogP contribution in [0.15, 0.2) is 30.5 Å². The summed E-state index contributed by atoms with van der Waals surface area (Å²) in [5.74, 6) is 0.544. The molecule has 3 nitrogen and oxygen atoms in total. The van der Waals surface area contributed by atoms with Crippen molar-refractivity contribution in [1.82, 2.24) is 15.3 Å². The van der Waals surface area contributed by atoms with Gasteiger partial charge in [-0.25, -0.2) is 14.4 Å². The van der Waals surface area contributed by atoms with Crippen molar-refractivity contribution in [2.75, 3.05) is 7.05 Å². The summed E-state index contributed by atoms with van der Waals surface area (Å²) in [7, 11) is 1.89. The third-order valence-electron chi connectivity index (χ3n) is 3.24. The van der Waals surface area contributed by atoms with Crippen molar-refractivity contribution < 1.29 is 4.39 Å². The fraction of sp³-hybridized carbons (Fsp3) is 0.333. The molecule has 1 unspecified atom stereocenters. The standard InChI is InChI=1S/C15H18FN3/c1-10-4-5-13(16)8-12(10)9-15(17-3)14-6-7-18-11(2)19-14/h4-8,15,17H,9H2,1-3H3. The lowest BCUT2D eigenvalue weighted by Gasteiger charge is -2.17. The van der Waals surface area contributed by atoms with E-state index in [0.29, 0.717) is 6.42 Å². The van der Waals surface area contributed by atoms with Crippen LogP contribution >= 0.6 is 0 Å². The van der Waals surface area contributed by atoms with Crippen molar-refractivity contribution in [2.24, 2.45) is 0 Å². The maximum atomic E-state index is 13.3. The van der Waals surface area contributed by atoms with Crippen LogP contribution in [0.25, 0.3) is 0 Å². The molecular weight excluding hydrogens is 241 g/mol. The van der Waals surface area contributed by atoms with E-state index in [4.69, 9.17) is 0 Å². The number of benzene rings is 1. The van der Waals surface area contributed by atoms with Crippen LogP contribution < -0.4 is 5.32 Å². The lowest BCUT2D eigenvalue weighted by Crippen LogP contribution is -2.21. The van der Waals surface area contributed by atoms with Gasteiger partial charge in [-0.05, 0) is 56.6 Å². The predicted octanol–water partition coefficient (Wildman–Crippen LogP) is 2.74. The highest BCUT2D eigenvalue weighted by Gasteiger charge is 2.13. The molecule has 19 heavy (non-hydrogen) atoms. The molecule has 0 spiro atoms. The van der Waals surface area contributed by atoms with Crippen LogP contribution in [-0.2, 0) is 6.42 Å². The Morgan fingerprint density at radius 2 is 2.05 bits per heavy atom. The molecule has 0 radical (unpaired) electrons. The van der Waals surface area contributed by atoms with Gasteiger partial charge < -0.3 is 5.32 Å². The summed E-state index contributed by atoms with van der Waals surface area (Å²) in [5.41, 5.74) is 3.02. The van der Waals surface area contributed by atoms with Crippen molar-refractivity contribution in [2.45, 2.75) is 26.3 Å². The number of hydrogen-bond donors (Lipinski definition) is 1. The van der Waals surface area contributed by atoms with Gasteiger partial charge >= 0.3 is 0 Å². The van der Waals surface area contributed by atoms with Crippen molar-refractivity contribution in [1.29, 1.82) is 0 Å². The second kappa shape index (κ2) is 5.89. The van der Waals surface area contributed by atoms with Gasteiger partial charge in [0.15, 0.2) is 0 Å². The van der Waals surface area contributed by atoms with Gasteiger partial charge in [-0.1, -0.05) is 6.07 Å². The molecule has 0 saturated carbocycles. The summed E-state index contributed by atoms with van der Waals surface area (Å²) in [4.78, 5) is 8.52. The van der Waals surface area contributed by atoms with Gasteiger partial charge in [-0.15, -0.1) is 0 Å². The number of aromatic nitrogens is 2. The third-order valence-corrected chi connectivity index (χ3v) is 3.24. The second-order valence-electron chi connectivity index (χ2n) is 4.64. The lowest BCUT2D eigenvalue weighted by atomic mass is 9.99. The fourth-order valence-electron chi connectivity index (χ4n) is 2.10. The molecule has 1 aromatic heterocycles. The number of likely N-dealkylation sites (N-methyl/N-ethyl adjacent to an activating group) is 1. The minimum Gasteiger partial charge on any atom is -0.311 e. The molecule has 0 aliphatic carbocycles. The summed E-state index contributed by atoms with van der Waals surface area (Å²) in [6.45, 7) is 3.86. The van der Waals surface area contributed by atoms with Crippen molar-refractivity contribution in [3.8, 4) is 0 Å². The van der Waals surface area contributed by atoms with Gasteiger partial charge in [-0.2, -0.15) is 0 Å².